The molecule has 1 fully saturated rings. The molecule has 1 unspecified atom stereocenters. The number of hydrogen-bond donors (Lipinski definition) is 2. The predicted molar refractivity (Wildman–Crippen MR) is 155 cm³/mol. The monoisotopic (exact) mass is 581 g/mol. The molecule has 0 aromatic carbocycles. The van der Waals surface area contributed by atoms with Crippen LogP contribution >= 0.6 is 11.8 Å². The number of piperidine rings is 1. The van der Waals surface area contributed by atoms with Crippen molar-refractivity contribution in [1.82, 2.24) is 15.2 Å². The largest absolute Gasteiger partial charge is 0.494 e. The van der Waals surface area contributed by atoms with E-state index in [1.54, 1.807) is 31.7 Å². The first-order valence-electron chi connectivity index (χ1n) is 13.4. The molecule has 40 heavy (non-hydrogen) atoms. The molecular formula is C27H43N5O7S. The predicted octanol–water partition coefficient (Wildman–Crippen LogP) is 5.27. The van der Waals surface area contributed by atoms with Gasteiger partial charge in [-0.3, -0.25) is 15.6 Å². The average molecular weight is 582 g/mol. The number of aliphatic imine (C=N–C) groups is 1. The molecule has 1 saturated heterocycles. The van der Waals surface area contributed by atoms with Gasteiger partial charge < -0.3 is 23.8 Å². The number of nitrogens with zero attached hydrogens (tertiary/aromatic N) is 3. The summed E-state index contributed by atoms with van der Waals surface area (Å²) in [5.41, 5.74) is 0.365. The average Bonchev–Trinajstić information content (AvgIpc) is 2.86. The number of anilines is 1. The Kier molecular flexibility index (Phi) is 12.8. The topological polar surface area (TPSA) is 141 Å². The third-order valence-electron chi connectivity index (χ3n) is 5.50. The summed E-state index contributed by atoms with van der Waals surface area (Å²) >= 11 is 1.45. The van der Waals surface area contributed by atoms with Crippen molar-refractivity contribution < 1.29 is 33.3 Å². The minimum Gasteiger partial charge on any atom is -0.494 e. The number of likely N-dealkylation sites (tertiary alicyclic amines) is 1. The van der Waals surface area contributed by atoms with Crippen molar-refractivity contribution in [2.75, 3.05) is 37.9 Å². The van der Waals surface area contributed by atoms with Crippen LogP contribution < -0.4 is 15.4 Å². The molecule has 224 valence electrons. The van der Waals surface area contributed by atoms with E-state index >= 15 is 0 Å². The van der Waals surface area contributed by atoms with Gasteiger partial charge in [-0.05, 0) is 66.1 Å². The number of hydrogen-bond acceptors (Lipinski definition) is 10. The van der Waals surface area contributed by atoms with Gasteiger partial charge in [-0.2, -0.15) is 0 Å². The van der Waals surface area contributed by atoms with Crippen molar-refractivity contribution in [3.8, 4) is 5.75 Å². The Hall–Kier alpha value is -3.22. The van der Waals surface area contributed by atoms with Gasteiger partial charge in [0.2, 0.25) is 0 Å². The highest BCUT2D eigenvalue weighted by Gasteiger charge is 2.27. The van der Waals surface area contributed by atoms with Crippen LogP contribution in [0, 0.1) is 5.92 Å². The molecule has 0 radical (unpaired) electrons. The number of carbonyl (C=O) groups excluding carboxylic acids is 3. The number of methoxy groups -OCH3 is 1. The molecule has 1 aromatic heterocycles. The van der Waals surface area contributed by atoms with Gasteiger partial charge in [0.25, 0.3) is 0 Å². The maximum atomic E-state index is 12.5. The quantitative estimate of drug-likeness (QED) is 0.227. The molecule has 1 aliphatic rings. The third kappa shape index (κ3) is 11.5. The number of aromatic nitrogens is 1. The first-order valence-corrected chi connectivity index (χ1v) is 14.4. The van der Waals surface area contributed by atoms with Gasteiger partial charge in [0, 0.05) is 19.2 Å². The number of nitrogens with one attached hydrogen (secondary N) is 2. The Bertz CT molecular complexity index is 1040. The Morgan fingerprint density at radius 1 is 1.18 bits per heavy atom. The van der Waals surface area contributed by atoms with E-state index in [0.717, 1.165) is 12.8 Å². The van der Waals surface area contributed by atoms with E-state index in [1.165, 1.54) is 25.1 Å². The van der Waals surface area contributed by atoms with Gasteiger partial charge in [-0.15, -0.1) is 11.8 Å². The van der Waals surface area contributed by atoms with Crippen LogP contribution in [0.3, 0.4) is 0 Å². The maximum absolute atomic E-state index is 12.5. The Morgan fingerprint density at radius 3 is 2.42 bits per heavy atom. The van der Waals surface area contributed by atoms with Crippen LogP contribution in [0.25, 0.3) is 0 Å². The lowest BCUT2D eigenvalue weighted by Gasteiger charge is -2.33. The molecule has 3 amide bonds. The van der Waals surface area contributed by atoms with Crippen molar-refractivity contribution in [2.45, 2.75) is 79.2 Å². The second-order valence-corrected chi connectivity index (χ2v) is 11.8. The number of amides is 3. The van der Waals surface area contributed by atoms with Crippen LogP contribution in [-0.4, -0.2) is 83.6 Å². The molecule has 0 saturated carbocycles. The Morgan fingerprint density at radius 2 is 1.85 bits per heavy atom. The highest BCUT2D eigenvalue weighted by Crippen LogP contribution is 2.26. The molecule has 0 spiro atoms. The third-order valence-corrected chi connectivity index (χ3v) is 6.36. The second kappa shape index (κ2) is 15.5. The smallest absolute Gasteiger partial charge is 0.411 e. The van der Waals surface area contributed by atoms with Gasteiger partial charge >= 0.3 is 18.3 Å². The number of carbonyl (C=O) groups is 3. The van der Waals surface area contributed by atoms with E-state index in [0.29, 0.717) is 41.0 Å². The van der Waals surface area contributed by atoms with Gasteiger partial charge in [-0.25, -0.2) is 19.4 Å². The van der Waals surface area contributed by atoms with E-state index in [9.17, 15) is 14.4 Å². The lowest BCUT2D eigenvalue weighted by Crippen LogP contribution is -2.42. The molecule has 2 heterocycles. The standard InChI is InChI=1S/C27H43N5O7S/c1-9-40-23(22-21(36-8)14-20(15-28-22)31-25(34)38-17(2)3)29-18(4)30-24(33)37-16-19-10-12-32(13-11-19)26(35)39-27(5,6)7/h14-15,17-19H,9-13,16H2,1-8H3,(H,30,33)(H,31,34). The molecule has 0 bridgehead atoms. The fourth-order valence-electron chi connectivity index (χ4n) is 3.72. The zero-order chi connectivity index (χ0) is 29.9. The van der Waals surface area contributed by atoms with Gasteiger partial charge in [0.05, 0.1) is 31.7 Å². The molecule has 0 aliphatic carbocycles. The summed E-state index contributed by atoms with van der Waals surface area (Å²) in [5.74, 6) is 1.28. The van der Waals surface area contributed by atoms with E-state index in [2.05, 4.69) is 20.6 Å². The van der Waals surface area contributed by atoms with Gasteiger partial charge in [0.15, 0.2) is 0 Å². The summed E-state index contributed by atoms with van der Waals surface area (Å²) in [4.78, 5) is 47.4. The fourth-order valence-corrected chi connectivity index (χ4v) is 4.51. The highest BCUT2D eigenvalue weighted by molar-refractivity contribution is 8.14. The van der Waals surface area contributed by atoms with Crippen molar-refractivity contribution in [3.05, 3.63) is 18.0 Å². The van der Waals surface area contributed by atoms with Crippen molar-refractivity contribution >= 4 is 40.8 Å². The van der Waals surface area contributed by atoms with E-state index in [1.807, 2.05) is 27.7 Å². The van der Waals surface area contributed by atoms with Crippen molar-refractivity contribution in [3.63, 3.8) is 0 Å². The molecule has 2 N–H and O–H groups in total. The number of thioether (sulfide) groups is 1. The summed E-state index contributed by atoms with van der Waals surface area (Å²) < 4.78 is 21.5. The van der Waals surface area contributed by atoms with E-state index in [4.69, 9.17) is 18.9 Å². The van der Waals surface area contributed by atoms with E-state index in [-0.39, 0.29) is 24.7 Å². The SMILES string of the molecule is CCSC(=NC(C)NC(=O)OCC1CCN(C(=O)OC(C)(C)C)CC1)c1ncc(NC(=O)OC(C)C)cc1OC. The highest BCUT2D eigenvalue weighted by atomic mass is 32.2. The van der Waals surface area contributed by atoms with Crippen molar-refractivity contribution in [1.29, 1.82) is 0 Å². The van der Waals surface area contributed by atoms with Crippen molar-refractivity contribution in [2.24, 2.45) is 10.9 Å². The summed E-state index contributed by atoms with van der Waals surface area (Å²) in [5, 5.41) is 5.92. The van der Waals surface area contributed by atoms with Gasteiger partial charge in [0.1, 0.15) is 28.3 Å². The Balaban J connectivity index is 1.93. The number of ether oxygens (including phenoxy) is 4. The van der Waals surface area contributed by atoms with Crippen LogP contribution in [-0.2, 0) is 14.2 Å². The van der Waals surface area contributed by atoms with Crippen LogP contribution in [0.1, 0.15) is 67.0 Å². The molecule has 1 aromatic rings. The zero-order valence-corrected chi connectivity index (χ0v) is 25.6. The number of alkyl carbamates (subject to hydrolysis) is 1. The minimum absolute atomic E-state index is 0.160. The van der Waals surface area contributed by atoms with E-state index < -0.39 is 24.0 Å². The second-order valence-electron chi connectivity index (χ2n) is 10.6. The maximum Gasteiger partial charge on any atom is 0.411 e. The number of rotatable bonds is 9. The fraction of sp³-hybridized carbons (Fsp3) is 0.667. The van der Waals surface area contributed by atoms with Gasteiger partial charge in [-0.1, -0.05) is 6.92 Å². The molecule has 2 rings (SSSR count). The lowest BCUT2D eigenvalue weighted by molar-refractivity contribution is 0.0148. The lowest BCUT2D eigenvalue weighted by atomic mass is 9.98. The van der Waals surface area contributed by atoms with Crippen LogP contribution in [0.15, 0.2) is 17.3 Å². The first kappa shape index (κ1) is 33.0. The zero-order valence-electron chi connectivity index (χ0n) is 24.7. The summed E-state index contributed by atoms with van der Waals surface area (Å²) in [6.07, 6.45) is 0.607. The number of pyridine rings is 1. The Labute approximate surface area is 240 Å². The summed E-state index contributed by atoms with van der Waals surface area (Å²) in [7, 11) is 1.50. The van der Waals surface area contributed by atoms with Crippen LogP contribution in [0.2, 0.25) is 0 Å². The summed E-state index contributed by atoms with van der Waals surface area (Å²) in [6, 6.07) is 1.64. The van der Waals surface area contributed by atoms with Crippen LogP contribution in [0.4, 0.5) is 20.1 Å². The molecular weight excluding hydrogens is 538 g/mol. The minimum atomic E-state index is -0.596. The van der Waals surface area contributed by atoms with Crippen LogP contribution in [0.5, 0.6) is 5.75 Å². The summed E-state index contributed by atoms with van der Waals surface area (Å²) in [6.45, 7) is 14.1. The molecule has 13 heteroatoms. The normalized spacial score (nSPS) is 15.3. The molecule has 1 aliphatic heterocycles. The molecule has 1 atom stereocenters. The first-order chi connectivity index (χ1) is 18.8. The molecule has 12 nitrogen and oxygen atoms in total.